The van der Waals surface area contributed by atoms with Gasteiger partial charge in [-0.1, -0.05) is 0 Å². The van der Waals surface area contributed by atoms with Crippen LogP contribution in [0.3, 0.4) is 0 Å². The summed E-state index contributed by atoms with van der Waals surface area (Å²) in [6.07, 6.45) is -0.462. The monoisotopic (exact) mass is 259 g/mol. The molecule has 3 N–H and O–H groups in total. The molecule has 7 heteroatoms. The van der Waals surface area contributed by atoms with Gasteiger partial charge in [-0.2, -0.15) is 4.98 Å². The van der Waals surface area contributed by atoms with Crippen LogP contribution in [-0.2, 0) is 4.74 Å². The van der Waals surface area contributed by atoms with Gasteiger partial charge in [0.1, 0.15) is 5.82 Å². The first-order valence-corrected chi connectivity index (χ1v) is 5.55. The number of aliphatic hydroxyl groups is 1. The van der Waals surface area contributed by atoms with Crippen LogP contribution >= 0.6 is 0 Å². The summed E-state index contributed by atoms with van der Waals surface area (Å²) in [5, 5.41) is 8.94. The van der Waals surface area contributed by atoms with E-state index < -0.39 is 23.7 Å². The summed E-state index contributed by atoms with van der Waals surface area (Å²) in [7, 11) is 0. The van der Waals surface area contributed by atoms with Crippen molar-refractivity contribution in [2.75, 3.05) is 12.3 Å². The van der Waals surface area contributed by atoms with Crippen molar-refractivity contribution < 1.29 is 14.2 Å². The lowest BCUT2D eigenvalue weighted by atomic mass is 10.1. The molecule has 1 rings (SSSR count). The smallest absolute Gasteiger partial charge is 0.351 e. The van der Waals surface area contributed by atoms with Crippen molar-refractivity contribution in [2.45, 2.75) is 38.8 Å². The molecule has 2 atom stereocenters. The van der Waals surface area contributed by atoms with E-state index >= 15 is 0 Å². The molecule has 0 aromatic carbocycles. The summed E-state index contributed by atoms with van der Waals surface area (Å²) in [6.45, 7) is 3.87. The molecule has 0 aliphatic rings. The fraction of sp³-hybridized carbons (Fsp3) is 0.636. The van der Waals surface area contributed by atoms with E-state index in [0.29, 0.717) is 0 Å². The van der Waals surface area contributed by atoms with Crippen LogP contribution in [0.5, 0.6) is 0 Å². The Hall–Kier alpha value is -1.47. The molecular formula is C11H18FN3O3. The SMILES string of the molecule is C[C@@H](CO)O[C@@H](n1ccc(N)nc1=O)C(C)(C)F. The first-order valence-electron chi connectivity index (χ1n) is 5.55. The summed E-state index contributed by atoms with van der Waals surface area (Å²) in [4.78, 5) is 15.2. The number of halogens is 1. The Morgan fingerprint density at radius 2 is 2.28 bits per heavy atom. The van der Waals surface area contributed by atoms with E-state index in [9.17, 15) is 9.18 Å². The first kappa shape index (κ1) is 14.6. The average Bonchev–Trinajstić information content (AvgIpc) is 2.25. The summed E-state index contributed by atoms with van der Waals surface area (Å²) in [5.74, 6) is 0.0573. The van der Waals surface area contributed by atoms with Gasteiger partial charge < -0.3 is 15.6 Å². The summed E-state index contributed by atoms with van der Waals surface area (Å²) >= 11 is 0. The molecule has 0 fully saturated rings. The largest absolute Gasteiger partial charge is 0.394 e. The molecule has 1 heterocycles. The van der Waals surface area contributed by atoms with E-state index in [2.05, 4.69) is 4.98 Å². The van der Waals surface area contributed by atoms with Crippen molar-refractivity contribution >= 4 is 5.82 Å². The van der Waals surface area contributed by atoms with E-state index in [1.54, 1.807) is 6.92 Å². The normalized spacial score (nSPS) is 15.4. The molecule has 0 radical (unpaired) electrons. The van der Waals surface area contributed by atoms with Crippen LogP contribution in [0.2, 0.25) is 0 Å². The third-order valence-corrected chi connectivity index (χ3v) is 2.31. The van der Waals surface area contributed by atoms with Gasteiger partial charge in [-0.05, 0) is 26.8 Å². The highest BCUT2D eigenvalue weighted by Gasteiger charge is 2.34. The lowest BCUT2D eigenvalue weighted by Gasteiger charge is -2.30. The Kier molecular flexibility index (Phi) is 4.42. The summed E-state index contributed by atoms with van der Waals surface area (Å²) in [5.41, 5.74) is 2.85. The van der Waals surface area contributed by atoms with Crippen molar-refractivity contribution in [3.8, 4) is 0 Å². The highest BCUT2D eigenvalue weighted by molar-refractivity contribution is 5.23. The molecule has 6 nitrogen and oxygen atoms in total. The molecule has 18 heavy (non-hydrogen) atoms. The number of nitrogen functional groups attached to an aromatic ring is 1. The van der Waals surface area contributed by atoms with Gasteiger partial charge in [-0.15, -0.1) is 0 Å². The van der Waals surface area contributed by atoms with Crippen LogP contribution in [0, 0.1) is 0 Å². The van der Waals surface area contributed by atoms with E-state index in [0.717, 1.165) is 4.57 Å². The molecule has 102 valence electrons. The number of aliphatic hydroxyl groups excluding tert-OH is 1. The molecule has 0 unspecified atom stereocenters. The Labute approximate surface area is 104 Å². The molecule has 0 saturated carbocycles. The van der Waals surface area contributed by atoms with Gasteiger partial charge in [0.2, 0.25) is 0 Å². The van der Waals surface area contributed by atoms with Crippen LogP contribution in [0.4, 0.5) is 10.2 Å². The standard InChI is InChI=1S/C11H18FN3O3/c1-7(6-16)18-9(11(2,3)12)15-5-4-8(13)14-10(15)17/h4-5,7,9,16H,6H2,1-3H3,(H2,13,14,17)/t7-,9+/m0/s1. The Morgan fingerprint density at radius 1 is 1.67 bits per heavy atom. The quantitative estimate of drug-likeness (QED) is 0.802. The topological polar surface area (TPSA) is 90.4 Å². The zero-order valence-electron chi connectivity index (χ0n) is 10.6. The number of rotatable bonds is 5. The van der Waals surface area contributed by atoms with Crippen LogP contribution in [-0.4, -0.2) is 33.0 Å². The average molecular weight is 259 g/mol. The zero-order chi connectivity index (χ0) is 13.9. The molecular weight excluding hydrogens is 241 g/mol. The van der Waals surface area contributed by atoms with Gasteiger partial charge >= 0.3 is 5.69 Å². The molecule has 0 bridgehead atoms. The van der Waals surface area contributed by atoms with E-state index in [1.807, 2.05) is 0 Å². The highest BCUT2D eigenvalue weighted by atomic mass is 19.1. The maximum absolute atomic E-state index is 14.1. The van der Waals surface area contributed by atoms with E-state index in [-0.39, 0.29) is 12.4 Å². The number of ether oxygens (including phenoxy) is 1. The Bertz CT molecular complexity index is 456. The lowest BCUT2D eigenvalue weighted by Crippen LogP contribution is -2.40. The minimum absolute atomic E-state index is 0.0573. The van der Waals surface area contributed by atoms with Crippen molar-refractivity contribution in [3.63, 3.8) is 0 Å². The molecule has 0 aliphatic heterocycles. The summed E-state index contributed by atoms with van der Waals surface area (Å²) in [6, 6.07) is 1.38. The predicted molar refractivity (Wildman–Crippen MR) is 64.8 cm³/mol. The van der Waals surface area contributed by atoms with Gasteiger partial charge in [0.05, 0.1) is 12.7 Å². The van der Waals surface area contributed by atoms with Crippen LogP contribution in [0.25, 0.3) is 0 Å². The predicted octanol–water partition coefficient (Wildman–Crippen LogP) is 0.470. The number of alkyl halides is 1. The van der Waals surface area contributed by atoms with Gasteiger partial charge in [-0.3, -0.25) is 4.57 Å². The van der Waals surface area contributed by atoms with Gasteiger partial charge in [0.25, 0.3) is 0 Å². The number of hydrogen-bond acceptors (Lipinski definition) is 5. The molecule has 1 aromatic rings. The first-order chi connectivity index (χ1) is 8.25. The molecule has 1 aromatic heterocycles. The molecule has 0 saturated heterocycles. The number of anilines is 1. The number of aromatic nitrogens is 2. The van der Waals surface area contributed by atoms with Crippen molar-refractivity contribution in [1.82, 2.24) is 9.55 Å². The second kappa shape index (κ2) is 5.45. The molecule has 0 amide bonds. The molecule has 0 spiro atoms. The van der Waals surface area contributed by atoms with Crippen LogP contribution in [0.15, 0.2) is 17.1 Å². The van der Waals surface area contributed by atoms with E-state index in [4.69, 9.17) is 15.6 Å². The molecule has 0 aliphatic carbocycles. The number of nitrogens with zero attached hydrogens (tertiary/aromatic N) is 2. The lowest BCUT2D eigenvalue weighted by molar-refractivity contribution is -0.133. The van der Waals surface area contributed by atoms with Crippen molar-refractivity contribution in [3.05, 3.63) is 22.7 Å². The second-order valence-corrected chi connectivity index (χ2v) is 4.59. The fourth-order valence-electron chi connectivity index (χ4n) is 1.43. The summed E-state index contributed by atoms with van der Waals surface area (Å²) < 4.78 is 20.4. The second-order valence-electron chi connectivity index (χ2n) is 4.59. The van der Waals surface area contributed by atoms with E-state index in [1.165, 1.54) is 26.1 Å². The maximum Gasteiger partial charge on any atom is 0.351 e. The van der Waals surface area contributed by atoms with Gasteiger partial charge in [0.15, 0.2) is 11.9 Å². The number of nitrogens with two attached hydrogens (primary N) is 1. The third kappa shape index (κ3) is 3.51. The zero-order valence-corrected chi connectivity index (χ0v) is 10.6. The highest BCUT2D eigenvalue weighted by Crippen LogP contribution is 2.27. The Balaban J connectivity index is 3.14. The van der Waals surface area contributed by atoms with Crippen molar-refractivity contribution in [2.24, 2.45) is 0 Å². The fourth-order valence-corrected chi connectivity index (χ4v) is 1.43. The van der Waals surface area contributed by atoms with Gasteiger partial charge in [-0.25, -0.2) is 9.18 Å². The van der Waals surface area contributed by atoms with Gasteiger partial charge in [0, 0.05) is 6.20 Å². The maximum atomic E-state index is 14.1. The minimum atomic E-state index is -1.81. The van der Waals surface area contributed by atoms with Crippen LogP contribution < -0.4 is 11.4 Å². The van der Waals surface area contributed by atoms with Crippen molar-refractivity contribution in [1.29, 1.82) is 0 Å². The number of hydrogen-bond donors (Lipinski definition) is 2. The van der Waals surface area contributed by atoms with Crippen LogP contribution in [0.1, 0.15) is 27.0 Å². The minimum Gasteiger partial charge on any atom is -0.394 e. The third-order valence-electron chi connectivity index (χ3n) is 2.31. The Morgan fingerprint density at radius 3 is 2.72 bits per heavy atom.